The number of aromatic nitrogens is 2. The summed E-state index contributed by atoms with van der Waals surface area (Å²) in [5.74, 6) is 1.21. The summed E-state index contributed by atoms with van der Waals surface area (Å²) in [4.78, 5) is 18.0. The number of rotatable bonds is 5. The summed E-state index contributed by atoms with van der Waals surface area (Å²) < 4.78 is 8.82. The lowest BCUT2D eigenvalue weighted by Crippen LogP contribution is -2.29. The van der Waals surface area contributed by atoms with Crippen molar-refractivity contribution in [2.45, 2.75) is 32.8 Å². The Morgan fingerprint density at radius 1 is 1.11 bits per heavy atom. The Bertz CT molecular complexity index is 1550. The maximum Gasteiger partial charge on any atom is 0.282 e. The number of ether oxygens (including phenoxy) is 1. The SMILES string of the molecule is CC(C)(C)c1nc2ccc(Br)cc2c(=O)n1N=Cc1ccc(OCc2ccccc2C#N)c(Br)c1. The molecule has 176 valence electrons. The van der Waals surface area contributed by atoms with Crippen molar-refractivity contribution < 1.29 is 4.74 Å². The second kappa shape index (κ2) is 10.1. The van der Waals surface area contributed by atoms with Crippen LogP contribution in [-0.4, -0.2) is 15.9 Å². The van der Waals surface area contributed by atoms with Gasteiger partial charge in [-0.15, -0.1) is 0 Å². The van der Waals surface area contributed by atoms with Crippen molar-refractivity contribution in [3.05, 3.63) is 102 Å². The molecule has 6 nitrogen and oxygen atoms in total. The largest absolute Gasteiger partial charge is 0.488 e. The van der Waals surface area contributed by atoms with E-state index in [2.05, 4.69) is 43.0 Å². The van der Waals surface area contributed by atoms with Gasteiger partial charge in [0.25, 0.3) is 5.56 Å². The number of halogens is 2. The molecule has 4 rings (SSSR count). The molecule has 0 N–H and O–H groups in total. The van der Waals surface area contributed by atoms with Gasteiger partial charge in [-0.2, -0.15) is 15.0 Å². The molecular weight excluding hydrogens is 572 g/mol. The molecule has 0 aliphatic rings. The van der Waals surface area contributed by atoms with Crippen LogP contribution >= 0.6 is 31.9 Å². The van der Waals surface area contributed by atoms with E-state index in [1.807, 2.05) is 69.3 Å². The highest BCUT2D eigenvalue weighted by molar-refractivity contribution is 9.10. The van der Waals surface area contributed by atoms with Crippen molar-refractivity contribution >= 4 is 49.0 Å². The highest BCUT2D eigenvalue weighted by Gasteiger charge is 2.23. The van der Waals surface area contributed by atoms with Gasteiger partial charge in [-0.3, -0.25) is 4.79 Å². The van der Waals surface area contributed by atoms with E-state index < -0.39 is 5.41 Å². The molecule has 4 aromatic rings. The van der Waals surface area contributed by atoms with Gasteiger partial charge in [0, 0.05) is 15.5 Å². The molecule has 0 radical (unpaired) electrons. The van der Waals surface area contributed by atoms with Crippen molar-refractivity contribution in [2.24, 2.45) is 5.10 Å². The number of fused-ring (bicyclic) bond motifs is 1. The first-order chi connectivity index (χ1) is 16.7. The fourth-order valence-electron chi connectivity index (χ4n) is 3.49. The third kappa shape index (κ3) is 5.53. The van der Waals surface area contributed by atoms with E-state index in [1.165, 1.54) is 4.68 Å². The number of benzene rings is 3. The van der Waals surface area contributed by atoms with Gasteiger partial charge in [-0.25, -0.2) is 4.98 Å². The Labute approximate surface area is 220 Å². The molecule has 0 aliphatic carbocycles. The topological polar surface area (TPSA) is 80.3 Å². The predicted octanol–water partition coefficient (Wildman–Crippen LogP) is 6.55. The van der Waals surface area contributed by atoms with Crippen molar-refractivity contribution in [3.63, 3.8) is 0 Å². The molecule has 0 amide bonds. The first-order valence-corrected chi connectivity index (χ1v) is 12.4. The molecule has 0 saturated carbocycles. The molecule has 0 saturated heterocycles. The van der Waals surface area contributed by atoms with Gasteiger partial charge in [0.05, 0.1) is 33.2 Å². The van der Waals surface area contributed by atoms with Crippen LogP contribution < -0.4 is 10.3 Å². The second-order valence-corrected chi connectivity index (χ2v) is 10.7. The molecular formula is C27H22Br2N4O2. The molecule has 1 heterocycles. The lowest BCUT2D eigenvalue weighted by Gasteiger charge is -2.20. The first-order valence-electron chi connectivity index (χ1n) is 10.8. The lowest BCUT2D eigenvalue weighted by molar-refractivity contribution is 0.304. The van der Waals surface area contributed by atoms with Gasteiger partial charge in [-0.05, 0) is 64.0 Å². The predicted molar refractivity (Wildman–Crippen MR) is 145 cm³/mol. The molecule has 35 heavy (non-hydrogen) atoms. The quantitative estimate of drug-likeness (QED) is 0.246. The van der Waals surface area contributed by atoms with Crippen LogP contribution in [-0.2, 0) is 12.0 Å². The molecule has 0 spiro atoms. The summed E-state index contributed by atoms with van der Waals surface area (Å²) in [5.41, 5.74) is 2.20. The highest BCUT2D eigenvalue weighted by atomic mass is 79.9. The Morgan fingerprint density at radius 2 is 1.89 bits per heavy atom. The van der Waals surface area contributed by atoms with E-state index in [9.17, 15) is 10.1 Å². The van der Waals surface area contributed by atoms with Crippen LogP contribution in [0.5, 0.6) is 5.75 Å². The average molecular weight is 594 g/mol. The van der Waals surface area contributed by atoms with E-state index in [4.69, 9.17) is 9.72 Å². The van der Waals surface area contributed by atoms with E-state index >= 15 is 0 Å². The van der Waals surface area contributed by atoms with Crippen LogP contribution in [0, 0.1) is 11.3 Å². The molecule has 3 aromatic carbocycles. The van der Waals surface area contributed by atoms with Crippen LogP contribution in [0.15, 0.2) is 79.5 Å². The monoisotopic (exact) mass is 592 g/mol. The van der Waals surface area contributed by atoms with Crippen LogP contribution in [0.1, 0.15) is 43.3 Å². The van der Waals surface area contributed by atoms with Gasteiger partial charge in [0.2, 0.25) is 0 Å². The Morgan fingerprint density at radius 3 is 2.60 bits per heavy atom. The Hall–Kier alpha value is -3.28. The standard InChI is InChI=1S/C27H22Br2N4O2/c1-27(2,3)26-32-23-10-9-20(28)13-21(23)25(34)33(26)31-15-17-8-11-24(22(29)12-17)35-16-19-7-5-4-6-18(19)14-30/h4-13,15H,16H2,1-3H3. The van der Waals surface area contributed by atoms with E-state index in [0.29, 0.717) is 28.0 Å². The van der Waals surface area contributed by atoms with Gasteiger partial charge in [-0.1, -0.05) is 54.9 Å². The minimum absolute atomic E-state index is 0.229. The van der Waals surface area contributed by atoms with Crippen LogP contribution in [0.3, 0.4) is 0 Å². The zero-order valence-corrected chi connectivity index (χ0v) is 22.6. The average Bonchev–Trinajstić information content (AvgIpc) is 2.82. The zero-order chi connectivity index (χ0) is 25.2. The third-order valence-electron chi connectivity index (χ3n) is 5.28. The maximum absolute atomic E-state index is 13.3. The van der Waals surface area contributed by atoms with Gasteiger partial charge in [0.15, 0.2) is 0 Å². The van der Waals surface area contributed by atoms with E-state index in [1.54, 1.807) is 18.3 Å². The van der Waals surface area contributed by atoms with Crippen molar-refractivity contribution in [2.75, 3.05) is 0 Å². The minimum Gasteiger partial charge on any atom is -0.488 e. The Balaban J connectivity index is 1.64. The summed E-state index contributed by atoms with van der Waals surface area (Å²) in [6.45, 7) is 6.27. The number of nitriles is 1. The second-order valence-electron chi connectivity index (χ2n) is 8.96. The number of nitrogens with zero attached hydrogens (tertiary/aromatic N) is 4. The lowest BCUT2D eigenvalue weighted by atomic mass is 9.95. The molecule has 0 unspecified atom stereocenters. The Kier molecular flexibility index (Phi) is 7.20. The normalized spacial score (nSPS) is 11.7. The first kappa shape index (κ1) is 24.8. The fourth-order valence-corrected chi connectivity index (χ4v) is 4.36. The summed E-state index contributed by atoms with van der Waals surface area (Å²) in [5, 5.41) is 14.3. The van der Waals surface area contributed by atoms with Crippen LogP contribution in [0.4, 0.5) is 0 Å². The summed E-state index contributed by atoms with van der Waals surface area (Å²) in [6.07, 6.45) is 1.63. The fraction of sp³-hybridized carbons (Fsp3) is 0.185. The van der Waals surface area contributed by atoms with E-state index in [-0.39, 0.29) is 12.2 Å². The molecule has 8 heteroatoms. The summed E-state index contributed by atoms with van der Waals surface area (Å²) in [7, 11) is 0. The summed E-state index contributed by atoms with van der Waals surface area (Å²) >= 11 is 6.97. The molecule has 0 fully saturated rings. The third-order valence-corrected chi connectivity index (χ3v) is 6.39. The van der Waals surface area contributed by atoms with Crippen LogP contribution in [0.2, 0.25) is 0 Å². The maximum atomic E-state index is 13.3. The van der Waals surface area contributed by atoms with Crippen molar-refractivity contribution in [3.8, 4) is 11.8 Å². The zero-order valence-electron chi connectivity index (χ0n) is 19.4. The molecule has 0 atom stereocenters. The highest BCUT2D eigenvalue weighted by Crippen LogP contribution is 2.27. The van der Waals surface area contributed by atoms with Gasteiger partial charge in [0.1, 0.15) is 18.2 Å². The van der Waals surface area contributed by atoms with Gasteiger partial charge < -0.3 is 4.74 Å². The smallest absolute Gasteiger partial charge is 0.282 e. The molecule has 0 bridgehead atoms. The van der Waals surface area contributed by atoms with Crippen molar-refractivity contribution in [1.29, 1.82) is 5.26 Å². The van der Waals surface area contributed by atoms with E-state index in [0.717, 1.165) is 20.1 Å². The minimum atomic E-state index is -0.393. The van der Waals surface area contributed by atoms with Gasteiger partial charge >= 0.3 is 0 Å². The number of hydrogen-bond acceptors (Lipinski definition) is 5. The van der Waals surface area contributed by atoms with Crippen molar-refractivity contribution in [1.82, 2.24) is 9.66 Å². The molecule has 0 aliphatic heterocycles. The molecule has 1 aromatic heterocycles. The number of hydrogen-bond donors (Lipinski definition) is 0. The summed E-state index contributed by atoms with van der Waals surface area (Å²) in [6, 6.07) is 20.5. The van der Waals surface area contributed by atoms with Crippen LogP contribution in [0.25, 0.3) is 10.9 Å².